The summed E-state index contributed by atoms with van der Waals surface area (Å²) in [4.78, 5) is 12.7. The molecule has 0 aliphatic carbocycles. The molecule has 3 aromatic rings. The molecule has 3 aromatic carbocycles. The van der Waals surface area contributed by atoms with Gasteiger partial charge in [-0.15, -0.1) is 0 Å². The number of fused-ring (bicyclic) bond motifs is 2. The van der Waals surface area contributed by atoms with E-state index >= 15 is 0 Å². The van der Waals surface area contributed by atoms with E-state index in [0.717, 1.165) is 10.8 Å². The van der Waals surface area contributed by atoms with Crippen LogP contribution in [0.2, 0.25) is 0 Å². The topological polar surface area (TPSA) is 71.4 Å². The summed E-state index contributed by atoms with van der Waals surface area (Å²) in [5.41, 5.74) is 0.681. The second-order valence-electron chi connectivity index (χ2n) is 5.85. The minimum Gasteiger partial charge on any atom is -0.391 e. The van der Waals surface area contributed by atoms with E-state index < -0.39 is 16.4 Å². The summed E-state index contributed by atoms with van der Waals surface area (Å²) < 4.78 is 25.7. The minimum atomic E-state index is -3.91. The van der Waals surface area contributed by atoms with Gasteiger partial charge >= 0.3 is 0 Å². The Morgan fingerprint density at radius 3 is 2.28 bits per heavy atom. The molecule has 0 spiro atoms. The lowest BCUT2D eigenvalue weighted by molar-refractivity contribution is 0.105. The highest BCUT2D eigenvalue weighted by Crippen LogP contribution is 2.37. The highest BCUT2D eigenvalue weighted by atomic mass is 32.2. The van der Waals surface area contributed by atoms with Crippen LogP contribution in [0.15, 0.2) is 76.5 Å². The van der Waals surface area contributed by atoms with Gasteiger partial charge < -0.3 is 5.11 Å². The van der Waals surface area contributed by atoms with Gasteiger partial charge in [-0.05, 0) is 34.5 Å². The van der Waals surface area contributed by atoms with E-state index in [4.69, 9.17) is 0 Å². The Hall–Kier alpha value is -2.76. The van der Waals surface area contributed by atoms with E-state index in [1.165, 1.54) is 12.1 Å². The van der Waals surface area contributed by atoms with E-state index in [0.29, 0.717) is 5.56 Å². The van der Waals surface area contributed by atoms with Crippen molar-refractivity contribution in [1.29, 1.82) is 0 Å². The molecular formula is C20H14O4S. The third-order valence-corrected chi connectivity index (χ3v) is 6.35. The number of Topliss-reactive ketones (excluding diaryl/α,β-unsaturated/α-hetero) is 1. The van der Waals surface area contributed by atoms with Crippen LogP contribution in [0, 0.1) is 0 Å². The lowest BCUT2D eigenvalue weighted by Crippen LogP contribution is -2.23. The van der Waals surface area contributed by atoms with Gasteiger partial charge in [-0.3, -0.25) is 4.79 Å². The Labute approximate surface area is 145 Å². The van der Waals surface area contributed by atoms with Crippen molar-refractivity contribution in [3.63, 3.8) is 0 Å². The number of hydrogen-bond acceptors (Lipinski definition) is 4. The zero-order chi connectivity index (χ0) is 17.6. The van der Waals surface area contributed by atoms with Crippen LogP contribution in [0.1, 0.15) is 15.9 Å². The molecule has 0 atom stereocenters. The quantitative estimate of drug-likeness (QED) is 0.770. The van der Waals surface area contributed by atoms with Gasteiger partial charge in [0, 0.05) is 11.1 Å². The normalized spacial score (nSPS) is 16.1. The number of aliphatic hydroxyl groups is 1. The Kier molecular flexibility index (Phi) is 3.56. The number of carbonyl (C=O) groups is 1. The van der Waals surface area contributed by atoms with E-state index in [-0.39, 0.29) is 26.7 Å². The maximum Gasteiger partial charge on any atom is 0.206 e. The number of sulfone groups is 1. The third kappa shape index (κ3) is 2.32. The van der Waals surface area contributed by atoms with Gasteiger partial charge in [-0.25, -0.2) is 8.42 Å². The van der Waals surface area contributed by atoms with Crippen molar-refractivity contribution in [3.8, 4) is 0 Å². The average Bonchev–Trinajstić information content (AvgIpc) is 2.64. The molecule has 124 valence electrons. The predicted molar refractivity (Wildman–Crippen MR) is 95.9 cm³/mol. The maximum atomic E-state index is 13.0. The zero-order valence-corrected chi connectivity index (χ0v) is 14.0. The van der Waals surface area contributed by atoms with Gasteiger partial charge in [-0.2, -0.15) is 0 Å². The van der Waals surface area contributed by atoms with Crippen molar-refractivity contribution in [2.45, 2.75) is 4.90 Å². The fourth-order valence-electron chi connectivity index (χ4n) is 3.22. The second kappa shape index (κ2) is 5.65. The SMILES string of the molecule is O=C1C(c2ccc3ccccc3c2)=C(CO)S(=O)(=O)c2ccccc21. The van der Waals surface area contributed by atoms with Crippen LogP contribution >= 0.6 is 0 Å². The van der Waals surface area contributed by atoms with Gasteiger partial charge in [0.25, 0.3) is 0 Å². The summed E-state index contributed by atoms with van der Waals surface area (Å²) in [6.45, 7) is -0.718. The number of allylic oxidation sites excluding steroid dienone is 1. The molecule has 0 fully saturated rings. The molecule has 25 heavy (non-hydrogen) atoms. The van der Waals surface area contributed by atoms with Crippen LogP contribution in [0.25, 0.3) is 16.3 Å². The van der Waals surface area contributed by atoms with Crippen LogP contribution in [0.4, 0.5) is 0 Å². The van der Waals surface area contributed by atoms with E-state index in [1.54, 1.807) is 24.3 Å². The molecule has 1 aliphatic heterocycles. The highest BCUT2D eigenvalue weighted by Gasteiger charge is 2.37. The summed E-state index contributed by atoms with van der Waals surface area (Å²) >= 11 is 0. The minimum absolute atomic E-state index is 0.0476. The van der Waals surface area contributed by atoms with Gasteiger partial charge in [0.15, 0.2) is 5.78 Å². The van der Waals surface area contributed by atoms with Crippen LogP contribution in [-0.4, -0.2) is 25.9 Å². The number of ketones is 1. The van der Waals surface area contributed by atoms with Crippen molar-refractivity contribution in [1.82, 2.24) is 0 Å². The molecule has 0 saturated heterocycles. The van der Waals surface area contributed by atoms with Crippen molar-refractivity contribution in [3.05, 3.63) is 82.8 Å². The monoisotopic (exact) mass is 350 g/mol. The molecule has 5 heteroatoms. The Bertz CT molecular complexity index is 1160. The Morgan fingerprint density at radius 1 is 0.840 bits per heavy atom. The summed E-state index contributed by atoms with van der Waals surface area (Å²) in [6.07, 6.45) is 0. The summed E-state index contributed by atoms with van der Waals surface area (Å²) in [6, 6.07) is 19.1. The highest BCUT2D eigenvalue weighted by molar-refractivity contribution is 7.95. The largest absolute Gasteiger partial charge is 0.391 e. The first-order chi connectivity index (χ1) is 12.0. The molecule has 1 aliphatic rings. The third-order valence-electron chi connectivity index (χ3n) is 4.43. The number of aliphatic hydroxyl groups excluding tert-OH is 1. The molecule has 4 nitrogen and oxygen atoms in total. The molecular weight excluding hydrogens is 336 g/mol. The Morgan fingerprint density at radius 2 is 1.52 bits per heavy atom. The van der Waals surface area contributed by atoms with Crippen molar-refractivity contribution in [2.75, 3.05) is 6.61 Å². The number of rotatable bonds is 2. The van der Waals surface area contributed by atoms with E-state index in [1.807, 2.05) is 30.3 Å². The van der Waals surface area contributed by atoms with Crippen LogP contribution in [0.3, 0.4) is 0 Å². The van der Waals surface area contributed by atoms with Crippen molar-refractivity contribution < 1.29 is 18.3 Å². The lowest BCUT2D eigenvalue weighted by Gasteiger charge is -2.21. The Balaban J connectivity index is 2.04. The first-order valence-electron chi connectivity index (χ1n) is 7.76. The molecule has 0 aromatic heterocycles. The number of carbonyl (C=O) groups excluding carboxylic acids is 1. The fraction of sp³-hybridized carbons (Fsp3) is 0.0500. The van der Waals surface area contributed by atoms with Crippen molar-refractivity contribution in [2.24, 2.45) is 0 Å². The smallest absolute Gasteiger partial charge is 0.206 e. The van der Waals surface area contributed by atoms with Crippen molar-refractivity contribution >= 4 is 32.0 Å². The van der Waals surface area contributed by atoms with Gasteiger partial charge in [0.05, 0.1) is 16.4 Å². The molecule has 0 bridgehead atoms. The number of benzene rings is 3. The molecule has 0 amide bonds. The molecule has 1 N–H and O–H groups in total. The summed E-state index contributed by atoms with van der Waals surface area (Å²) in [5.74, 6) is -0.384. The first-order valence-corrected chi connectivity index (χ1v) is 9.24. The molecule has 1 heterocycles. The van der Waals surface area contributed by atoms with E-state index in [9.17, 15) is 18.3 Å². The summed E-state index contributed by atoms with van der Waals surface area (Å²) in [5, 5.41) is 11.6. The van der Waals surface area contributed by atoms with Crippen LogP contribution in [0.5, 0.6) is 0 Å². The number of hydrogen-bond donors (Lipinski definition) is 1. The van der Waals surface area contributed by atoms with E-state index in [2.05, 4.69) is 0 Å². The molecule has 0 unspecified atom stereocenters. The standard InChI is InChI=1S/C20H14O4S/c21-12-18-19(15-10-9-13-5-1-2-6-14(13)11-15)20(22)16-7-3-4-8-17(16)25(18,23)24/h1-11,21H,12H2. The van der Waals surface area contributed by atoms with Crippen LogP contribution in [-0.2, 0) is 9.84 Å². The van der Waals surface area contributed by atoms with Crippen LogP contribution < -0.4 is 0 Å². The predicted octanol–water partition coefficient (Wildman–Crippen LogP) is 3.21. The molecule has 0 radical (unpaired) electrons. The summed E-state index contributed by atoms with van der Waals surface area (Å²) in [7, 11) is -3.91. The molecule has 4 rings (SSSR count). The average molecular weight is 350 g/mol. The lowest BCUT2D eigenvalue weighted by atomic mass is 9.94. The van der Waals surface area contributed by atoms with Gasteiger partial charge in [0.1, 0.15) is 0 Å². The van der Waals surface area contributed by atoms with Gasteiger partial charge in [-0.1, -0.05) is 48.5 Å². The van der Waals surface area contributed by atoms with Gasteiger partial charge in [0.2, 0.25) is 9.84 Å². The first kappa shape index (κ1) is 15.7. The fourth-order valence-corrected chi connectivity index (χ4v) is 4.84. The maximum absolute atomic E-state index is 13.0. The molecule has 0 saturated carbocycles. The second-order valence-corrected chi connectivity index (χ2v) is 7.79. The zero-order valence-electron chi connectivity index (χ0n) is 13.1.